The molecule has 1 nitrogen and oxygen atoms in total. The largest absolute Gasteiger partial charge is 0.398 e. The van der Waals surface area contributed by atoms with Crippen molar-refractivity contribution in [3.05, 3.63) is 39.7 Å². The van der Waals surface area contributed by atoms with E-state index in [9.17, 15) is 0 Å². The summed E-state index contributed by atoms with van der Waals surface area (Å²) in [5, 5.41) is 0.647. The van der Waals surface area contributed by atoms with Crippen LogP contribution in [0.15, 0.2) is 30.3 Å². The van der Waals surface area contributed by atoms with Gasteiger partial charge in [0.25, 0.3) is 0 Å². The number of thiophene rings is 1. The Bertz CT molecular complexity index is 465. The zero-order valence-corrected chi connectivity index (χ0v) is 9.46. The highest BCUT2D eigenvalue weighted by Crippen LogP contribution is 2.35. The Morgan fingerprint density at radius 2 is 1.86 bits per heavy atom. The number of anilines is 1. The van der Waals surface area contributed by atoms with Gasteiger partial charge in [-0.2, -0.15) is 0 Å². The maximum Gasteiger partial charge on any atom is 0.0934 e. The Labute approximate surface area is 96.1 Å². The quantitative estimate of drug-likeness (QED) is 0.743. The summed E-state index contributed by atoms with van der Waals surface area (Å²) >= 11 is 13.2. The van der Waals surface area contributed by atoms with Gasteiger partial charge in [-0.3, -0.25) is 0 Å². The topological polar surface area (TPSA) is 26.0 Å². The Morgan fingerprint density at radius 3 is 2.43 bits per heavy atom. The fourth-order valence-corrected chi connectivity index (χ4v) is 2.49. The molecule has 0 atom stereocenters. The zero-order valence-electron chi connectivity index (χ0n) is 7.13. The summed E-state index contributed by atoms with van der Waals surface area (Å²) in [5.74, 6) is 0. The third-order valence-corrected chi connectivity index (χ3v) is 3.35. The van der Waals surface area contributed by atoms with Gasteiger partial charge in [-0.25, -0.2) is 0 Å². The normalized spacial score (nSPS) is 10.4. The summed E-state index contributed by atoms with van der Waals surface area (Å²) in [6.07, 6.45) is 0. The fraction of sp³-hybridized carbons (Fsp3) is 0. The van der Waals surface area contributed by atoms with Crippen LogP contribution in [-0.4, -0.2) is 0 Å². The molecule has 2 N–H and O–H groups in total. The van der Waals surface area contributed by atoms with Crippen LogP contribution in [0.2, 0.25) is 9.36 Å². The van der Waals surface area contributed by atoms with Crippen LogP contribution >= 0.6 is 34.5 Å². The molecular formula is C10H7Cl2NS. The van der Waals surface area contributed by atoms with E-state index in [1.54, 1.807) is 6.07 Å². The first kappa shape index (κ1) is 9.84. The summed E-state index contributed by atoms with van der Waals surface area (Å²) in [4.78, 5) is 1.06. The Hall–Kier alpha value is -0.700. The lowest BCUT2D eigenvalue weighted by molar-refractivity contribution is 1.67. The lowest BCUT2D eigenvalue weighted by Gasteiger charge is -2.02. The summed E-state index contributed by atoms with van der Waals surface area (Å²) in [6.45, 7) is 0. The van der Waals surface area contributed by atoms with Crippen molar-refractivity contribution >= 4 is 40.2 Å². The number of nitrogens with two attached hydrogens (primary N) is 1. The molecule has 0 radical (unpaired) electrons. The van der Waals surface area contributed by atoms with E-state index in [0.29, 0.717) is 10.7 Å². The average Bonchev–Trinajstić information content (AvgIpc) is 2.51. The van der Waals surface area contributed by atoms with E-state index in [0.717, 1.165) is 14.8 Å². The van der Waals surface area contributed by atoms with E-state index in [2.05, 4.69) is 0 Å². The van der Waals surface area contributed by atoms with Crippen molar-refractivity contribution in [3.63, 3.8) is 0 Å². The molecule has 72 valence electrons. The number of hydrogen-bond acceptors (Lipinski definition) is 2. The molecule has 0 bridgehead atoms. The number of halogens is 2. The molecule has 1 heterocycles. The van der Waals surface area contributed by atoms with Gasteiger partial charge >= 0.3 is 0 Å². The molecule has 2 rings (SSSR count). The van der Waals surface area contributed by atoms with Crippen LogP contribution in [-0.2, 0) is 0 Å². The minimum atomic E-state index is 0.647. The minimum absolute atomic E-state index is 0.647. The fourth-order valence-electron chi connectivity index (χ4n) is 1.22. The Morgan fingerprint density at radius 1 is 1.07 bits per heavy atom. The maximum atomic E-state index is 5.85. The van der Waals surface area contributed by atoms with Crippen molar-refractivity contribution in [2.24, 2.45) is 0 Å². The molecule has 1 aromatic heterocycles. The van der Waals surface area contributed by atoms with Crippen molar-refractivity contribution in [2.45, 2.75) is 0 Å². The Balaban J connectivity index is 2.52. The van der Waals surface area contributed by atoms with Gasteiger partial charge in [0.05, 0.1) is 4.34 Å². The molecule has 0 saturated heterocycles. The third kappa shape index (κ3) is 1.87. The third-order valence-electron chi connectivity index (χ3n) is 1.85. The van der Waals surface area contributed by atoms with E-state index in [4.69, 9.17) is 28.9 Å². The van der Waals surface area contributed by atoms with Crippen LogP contribution in [0, 0.1) is 0 Å². The van der Waals surface area contributed by atoms with Crippen molar-refractivity contribution in [2.75, 3.05) is 5.73 Å². The van der Waals surface area contributed by atoms with E-state index in [-0.39, 0.29) is 0 Å². The van der Waals surface area contributed by atoms with Gasteiger partial charge in [0, 0.05) is 21.2 Å². The van der Waals surface area contributed by atoms with Gasteiger partial charge in [-0.15, -0.1) is 11.3 Å². The van der Waals surface area contributed by atoms with Gasteiger partial charge in [-0.05, 0) is 24.3 Å². The summed E-state index contributed by atoms with van der Waals surface area (Å²) in [5.41, 5.74) is 7.50. The number of hydrogen-bond donors (Lipinski definition) is 1. The van der Waals surface area contributed by atoms with Gasteiger partial charge < -0.3 is 5.73 Å². The van der Waals surface area contributed by atoms with Crippen molar-refractivity contribution in [1.82, 2.24) is 0 Å². The second-order valence-electron chi connectivity index (χ2n) is 2.84. The lowest BCUT2D eigenvalue weighted by Crippen LogP contribution is -1.87. The molecule has 0 unspecified atom stereocenters. The second-order valence-corrected chi connectivity index (χ2v) is 4.99. The smallest absolute Gasteiger partial charge is 0.0934 e. The second kappa shape index (κ2) is 3.81. The van der Waals surface area contributed by atoms with Crippen molar-refractivity contribution in [3.8, 4) is 10.4 Å². The SMILES string of the molecule is Nc1cc(Cl)ccc1-c1ccc(Cl)s1. The standard InChI is InChI=1S/C10H7Cl2NS/c11-6-1-2-7(8(13)5-6)9-3-4-10(12)14-9/h1-5H,13H2. The predicted octanol–water partition coefficient (Wildman–Crippen LogP) is 4.30. The van der Waals surface area contributed by atoms with Gasteiger partial charge in [0.2, 0.25) is 0 Å². The molecule has 0 saturated carbocycles. The molecule has 0 aliphatic heterocycles. The molecule has 14 heavy (non-hydrogen) atoms. The van der Waals surface area contributed by atoms with E-state index >= 15 is 0 Å². The first-order valence-corrected chi connectivity index (χ1v) is 5.55. The molecule has 0 aliphatic rings. The van der Waals surface area contributed by atoms with Crippen molar-refractivity contribution in [1.29, 1.82) is 0 Å². The van der Waals surface area contributed by atoms with Crippen LogP contribution in [0.1, 0.15) is 0 Å². The highest BCUT2D eigenvalue weighted by atomic mass is 35.5. The van der Waals surface area contributed by atoms with Crippen LogP contribution < -0.4 is 5.73 Å². The average molecular weight is 244 g/mol. The Kier molecular flexibility index (Phi) is 2.68. The van der Waals surface area contributed by atoms with E-state index in [1.165, 1.54) is 11.3 Å². The van der Waals surface area contributed by atoms with E-state index in [1.807, 2.05) is 24.3 Å². The summed E-state index contributed by atoms with van der Waals surface area (Å²) in [6, 6.07) is 9.27. The highest BCUT2D eigenvalue weighted by molar-refractivity contribution is 7.19. The van der Waals surface area contributed by atoms with Gasteiger partial charge in [0.1, 0.15) is 0 Å². The molecule has 4 heteroatoms. The number of nitrogen functional groups attached to an aromatic ring is 1. The predicted molar refractivity (Wildman–Crippen MR) is 64.2 cm³/mol. The van der Waals surface area contributed by atoms with Gasteiger partial charge in [-0.1, -0.05) is 29.3 Å². The molecule has 0 amide bonds. The molecule has 0 spiro atoms. The number of benzene rings is 1. The molecule has 1 aromatic carbocycles. The number of rotatable bonds is 1. The van der Waals surface area contributed by atoms with Crippen LogP contribution in [0.3, 0.4) is 0 Å². The van der Waals surface area contributed by atoms with Crippen molar-refractivity contribution < 1.29 is 0 Å². The van der Waals surface area contributed by atoms with Crippen LogP contribution in [0.5, 0.6) is 0 Å². The van der Waals surface area contributed by atoms with Crippen LogP contribution in [0.25, 0.3) is 10.4 Å². The molecule has 0 fully saturated rings. The monoisotopic (exact) mass is 243 g/mol. The minimum Gasteiger partial charge on any atom is -0.398 e. The zero-order chi connectivity index (χ0) is 10.1. The molecular weight excluding hydrogens is 237 g/mol. The first-order valence-electron chi connectivity index (χ1n) is 3.97. The lowest BCUT2D eigenvalue weighted by atomic mass is 10.1. The van der Waals surface area contributed by atoms with Crippen LogP contribution in [0.4, 0.5) is 5.69 Å². The van der Waals surface area contributed by atoms with E-state index < -0.39 is 0 Å². The summed E-state index contributed by atoms with van der Waals surface area (Å²) in [7, 11) is 0. The highest BCUT2D eigenvalue weighted by Gasteiger charge is 2.05. The van der Waals surface area contributed by atoms with Gasteiger partial charge in [0.15, 0.2) is 0 Å². The maximum absolute atomic E-state index is 5.85. The summed E-state index contributed by atoms with van der Waals surface area (Å²) < 4.78 is 0.759. The molecule has 0 aliphatic carbocycles. The molecule has 2 aromatic rings. The first-order chi connectivity index (χ1) is 6.66.